The number of hydrogen-bond acceptors (Lipinski definition) is 4. The average Bonchev–Trinajstić information content (AvgIpc) is 2.84. The second-order valence-corrected chi connectivity index (χ2v) is 4.28. The van der Waals surface area contributed by atoms with Gasteiger partial charge in [-0.1, -0.05) is 23.7 Å². The third-order valence-electron chi connectivity index (χ3n) is 2.75. The predicted octanol–water partition coefficient (Wildman–Crippen LogP) is 3.19. The molecule has 0 spiro atoms. The van der Waals surface area contributed by atoms with Gasteiger partial charge in [-0.25, -0.2) is 9.97 Å². The van der Waals surface area contributed by atoms with E-state index in [1.165, 1.54) is 18.5 Å². The van der Waals surface area contributed by atoms with Crippen LogP contribution in [-0.4, -0.2) is 19.9 Å². The number of halogens is 1. The van der Waals surface area contributed by atoms with Crippen molar-refractivity contribution in [1.29, 1.82) is 0 Å². The van der Waals surface area contributed by atoms with Crippen LogP contribution < -0.4 is 0 Å². The molecule has 0 aliphatic heterocycles. The minimum atomic E-state index is -0.432. The van der Waals surface area contributed by atoms with E-state index in [-0.39, 0.29) is 5.69 Å². The van der Waals surface area contributed by atoms with Crippen molar-refractivity contribution >= 4 is 28.3 Å². The molecule has 0 unspecified atom stereocenters. The summed E-state index contributed by atoms with van der Waals surface area (Å²) >= 11 is 5.96. The number of nitrogens with zero attached hydrogens (tertiary/aromatic N) is 3. The molecule has 0 bridgehead atoms. The summed E-state index contributed by atoms with van der Waals surface area (Å²) < 4.78 is 0. The zero-order chi connectivity index (χ0) is 13.4. The molecule has 1 N–H and O–H groups in total. The van der Waals surface area contributed by atoms with Gasteiger partial charge in [0.2, 0.25) is 0 Å². The molecule has 3 aromatic rings. The van der Waals surface area contributed by atoms with Crippen LogP contribution in [0.25, 0.3) is 22.3 Å². The molecule has 19 heavy (non-hydrogen) atoms. The molecule has 1 aromatic carbocycles. The van der Waals surface area contributed by atoms with Gasteiger partial charge in [0.15, 0.2) is 0 Å². The third-order valence-corrected chi connectivity index (χ3v) is 3.05. The molecule has 6 nitrogen and oxygen atoms in total. The quantitative estimate of drug-likeness (QED) is 0.442. The largest absolute Gasteiger partial charge is 0.339 e. The first-order valence-electron chi connectivity index (χ1n) is 5.39. The van der Waals surface area contributed by atoms with Crippen LogP contribution in [0.5, 0.6) is 0 Å². The highest BCUT2D eigenvalue weighted by Gasteiger charge is 2.11. The Bertz CT molecular complexity index is 784. The average molecular weight is 275 g/mol. The smallest absolute Gasteiger partial charge is 0.270 e. The van der Waals surface area contributed by atoms with Gasteiger partial charge in [0.25, 0.3) is 5.69 Å². The Balaban J connectivity index is 2.16. The van der Waals surface area contributed by atoms with Crippen molar-refractivity contribution in [1.82, 2.24) is 15.0 Å². The molecule has 0 aliphatic rings. The van der Waals surface area contributed by atoms with Crippen molar-refractivity contribution in [3.05, 3.63) is 51.9 Å². The standard InChI is InChI=1S/C12H7ClN4O2/c13-11-9-5-10(16-12(9)15-6-14-11)7-2-1-3-8(4-7)17(18)19/h1-6H,(H,14,15,16). The monoisotopic (exact) mass is 274 g/mol. The number of nitro benzene ring substituents is 1. The number of aromatic nitrogens is 3. The second-order valence-electron chi connectivity index (χ2n) is 3.92. The molecule has 0 aliphatic carbocycles. The summed E-state index contributed by atoms with van der Waals surface area (Å²) in [5.74, 6) is 0. The first-order chi connectivity index (χ1) is 9.15. The molecule has 0 amide bonds. The van der Waals surface area contributed by atoms with E-state index < -0.39 is 4.92 Å². The number of non-ortho nitro benzene ring substituents is 1. The van der Waals surface area contributed by atoms with E-state index >= 15 is 0 Å². The molecule has 2 heterocycles. The number of aromatic amines is 1. The first kappa shape index (κ1) is 11.6. The van der Waals surface area contributed by atoms with E-state index in [0.717, 1.165) is 0 Å². The third kappa shape index (κ3) is 2.02. The van der Waals surface area contributed by atoms with Crippen LogP contribution in [-0.2, 0) is 0 Å². The van der Waals surface area contributed by atoms with Gasteiger partial charge >= 0.3 is 0 Å². The van der Waals surface area contributed by atoms with Gasteiger partial charge < -0.3 is 4.98 Å². The van der Waals surface area contributed by atoms with Crippen LogP contribution in [0.15, 0.2) is 36.7 Å². The lowest BCUT2D eigenvalue weighted by molar-refractivity contribution is -0.384. The van der Waals surface area contributed by atoms with Gasteiger partial charge in [-0.05, 0) is 6.07 Å². The number of H-pyrrole nitrogens is 1. The number of rotatable bonds is 2. The van der Waals surface area contributed by atoms with Gasteiger partial charge in [0.05, 0.1) is 10.3 Å². The number of nitro groups is 1. The predicted molar refractivity (Wildman–Crippen MR) is 71.0 cm³/mol. The lowest BCUT2D eigenvalue weighted by atomic mass is 10.1. The molecule has 0 saturated heterocycles. The van der Waals surface area contributed by atoms with E-state index in [2.05, 4.69) is 15.0 Å². The molecular weight excluding hydrogens is 268 g/mol. The lowest BCUT2D eigenvalue weighted by Crippen LogP contribution is -1.88. The Hall–Kier alpha value is -2.47. The van der Waals surface area contributed by atoms with E-state index in [0.29, 0.717) is 27.4 Å². The molecule has 0 radical (unpaired) electrons. The fourth-order valence-corrected chi connectivity index (χ4v) is 2.04. The molecule has 7 heteroatoms. The molecular formula is C12H7ClN4O2. The maximum Gasteiger partial charge on any atom is 0.270 e. The van der Waals surface area contributed by atoms with Crippen LogP contribution in [0.1, 0.15) is 0 Å². The molecule has 3 rings (SSSR count). The summed E-state index contributed by atoms with van der Waals surface area (Å²) in [5, 5.41) is 11.8. The summed E-state index contributed by atoms with van der Waals surface area (Å²) in [7, 11) is 0. The lowest BCUT2D eigenvalue weighted by Gasteiger charge is -1.97. The molecule has 2 aromatic heterocycles. The number of nitrogens with one attached hydrogen (secondary N) is 1. The maximum atomic E-state index is 10.8. The van der Waals surface area contributed by atoms with Crippen LogP contribution in [0.4, 0.5) is 5.69 Å². The van der Waals surface area contributed by atoms with Crippen LogP contribution in [0.2, 0.25) is 5.15 Å². The van der Waals surface area contributed by atoms with E-state index in [1.54, 1.807) is 18.2 Å². The highest BCUT2D eigenvalue weighted by Crippen LogP contribution is 2.28. The topological polar surface area (TPSA) is 84.7 Å². The minimum Gasteiger partial charge on any atom is -0.339 e. The molecule has 0 atom stereocenters. The molecule has 94 valence electrons. The Morgan fingerprint density at radius 2 is 2.11 bits per heavy atom. The maximum absolute atomic E-state index is 10.8. The Kier molecular flexibility index (Phi) is 2.64. The van der Waals surface area contributed by atoms with E-state index in [4.69, 9.17) is 11.6 Å². The second kappa shape index (κ2) is 4.33. The van der Waals surface area contributed by atoms with Crippen LogP contribution in [0, 0.1) is 10.1 Å². The zero-order valence-corrected chi connectivity index (χ0v) is 10.3. The first-order valence-corrected chi connectivity index (χ1v) is 5.77. The zero-order valence-electron chi connectivity index (χ0n) is 9.50. The van der Waals surface area contributed by atoms with Crippen molar-refractivity contribution < 1.29 is 4.92 Å². The van der Waals surface area contributed by atoms with Gasteiger partial charge in [-0.3, -0.25) is 10.1 Å². The Morgan fingerprint density at radius 3 is 2.84 bits per heavy atom. The SMILES string of the molecule is O=[N+]([O-])c1cccc(-c2cc3c(Cl)ncnc3[nH]2)c1. The molecule has 0 saturated carbocycles. The van der Waals surface area contributed by atoms with Gasteiger partial charge in [-0.2, -0.15) is 0 Å². The van der Waals surface area contributed by atoms with Gasteiger partial charge in [0, 0.05) is 23.4 Å². The molecule has 0 fully saturated rings. The highest BCUT2D eigenvalue weighted by atomic mass is 35.5. The van der Waals surface area contributed by atoms with E-state index in [9.17, 15) is 10.1 Å². The van der Waals surface area contributed by atoms with Crippen LogP contribution >= 0.6 is 11.6 Å². The van der Waals surface area contributed by atoms with Crippen LogP contribution in [0.3, 0.4) is 0 Å². The number of hydrogen-bond donors (Lipinski definition) is 1. The van der Waals surface area contributed by atoms with E-state index in [1.807, 2.05) is 0 Å². The van der Waals surface area contributed by atoms with Crippen molar-refractivity contribution in [3.63, 3.8) is 0 Å². The Labute approximate surface area is 112 Å². The normalized spacial score (nSPS) is 10.8. The van der Waals surface area contributed by atoms with Gasteiger partial charge in [-0.15, -0.1) is 0 Å². The summed E-state index contributed by atoms with van der Waals surface area (Å²) in [6.07, 6.45) is 1.36. The summed E-state index contributed by atoms with van der Waals surface area (Å²) in [6, 6.07) is 8.12. The van der Waals surface area contributed by atoms with Crippen molar-refractivity contribution in [2.75, 3.05) is 0 Å². The van der Waals surface area contributed by atoms with Crippen molar-refractivity contribution in [2.24, 2.45) is 0 Å². The summed E-state index contributed by atoms with van der Waals surface area (Å²) in [4.78, 5) is 21.3. The fraction of sp³-hybridized carbons (Fsp3) is 0. The summed E-state index contributed by atoms with van der Waals surface area (Å²) in [5.41, 5.74) is 2.04. The Morgan fingerprint density at radius 1 is 1.26 bits per heavy atom. The van der Waals surface area contributed by atoms with Crippen molar-refractivity contribution in [2.45, 2.75) is 0 Å². The fourth-order valence-electron chi connectivity index (χ4n) is 1.85. The van der Waals surface area contributed by atoms with Gasteiger partial charge in [0.1, 0.15) is 17.1 Å². The highest BCUT2D eigenvalue weighted by molar-refractivity contribution is 6.34. The number of benzene rings is 1. The van der Waals surface area contributed by atoms with Crippen molar-refractivity contribution in [3.8, 4) is 11.3 Å². The minimum absolute atomic E-state index is 0.0355. The number of fused-ring (bicyclic) bond motifs is 1. The summed E-state index contributed by atoms with van der Waals surface area (Å²) in [6.45, 7) is 0.